The first-order chi connectivity index (χ1) is 8.52. The summed E-state index contributed by atoms with van der Waals surface area (Å²) in [4.78, 5) is 22.4. The van der Waals surface area contributed by atoms with Gasteiger partial charge in [0.05, 0.1) is 18.7 Å². The number of anilines is 1. The molecule has 0 heterocycles. The molecule has 4 nitrogen and oxygen atoms in total. The van der Waals surface area contributed by atoms with E-state index < -0.39 is 23.5 Å². The molecule has 1 aromatic rings. The van der Waals surface area contributed by atoms with Crippen LogP contribution in [0.5, 0.6) is 0 Å². The monoisotopic (exact) mass is 257 g/mol. The van der Waals surface area contributed by atoms with E-state index >= 15 is 0 Å². The van der Waals surface area contributed by atoms with E-state index in [9.17, 15) is 18.4 Å². The first-order valence-corrected chi connectivity index (χ1v) is 5.43. The van der Waals surface area contributed by atoms with Gasteiger partial charge in [0.2, 0.25) is 5.91 Å². The Bertz CT molecular complexity index is 449. The van der Waals surface area contributed by atoms with E-state index in [1.165, 1.54) is 0 Å². The lowest BCUT2D eigenvalue weighted by Crippen LogP contribution is -2.15. The van der Waals surface area contributed by atoms with Crippen LogP contribution in [-0.4, -0.2) is 18.5 Å². The molecular formula is C12H13F2NO3. The lowest BCUT2D eigenvalue weighted by molar-refractivity contribution is -0.144. The molecule has 0 saturated carbocycles. The highest BCUT2D eigenvalue weighted by Crippen LogP contribution is 2.15. The third-order valence-electron chi connectivity index (χ3n) is 2.06. The number of halogens is 2. The van der Waals surface area contributed by atoms with E-state index in [0.717, 1.165) is 18.2 Å². The number of nitrogens with one attached hydrogen (secondary N) is 1. The van der Waals surface area contributed by atoms with Crippen LogP contribution in [0, 0.1) is 11.6 Å². The summed E-state index contributed by atoms with van der Waals surface area (Å²) in [7, 11) is 0. The third kappa shape index (κ3) is 4.48. The molecule has 0 aliphatic heterocycles. The Hall–Kier alpha value is -1.98. The molecule has 0 aromatic heterocycles. The van der Waals surface area contributed by atoms with Crippen LogP contribution in [0.2, 0.25) is 0 Å². The molecule has 0 aliphatic carbocycles. The Balaban J connectivity index is 2.49. The molecular weight excluding hydrogens is 244 g/mol. The van der Waals surface area contributed by atoms with Crippen molar-refractivity contribution in [2.75, 3.05) is 11.9 Å². The molecule has 1 N–H and O–H groups in total. The van der Waals surface area contributed by atoms with Gasteiger partial charge in [0, 0.05) is 12.5 Å². The van der Waals surface area contributed by atoms with Gasteiger partial charge in [-0.2, -0.15) is 0 Å². The van der Waals surface area contributed by atoms with E-state index in [2.05, 4.69) is 10.1 Å². The van der Waals surface area contributed by atoms with Crippen molar-refractivity contribution in [3.63, 3.8) is 0 Å². The van der Waals surface area contributed by atoms with E-state index in [4.69, 9.17) is 0 Å². The lowest BCUT2D eigenvalue weighted by atomic mass is 10.2. The molecule has 0 fully saturated rings. The van der Waals surface area contributed by atoms with Gasteiger partial charge in [-0.25, -0.2) is 8.78 Å². The first-order valence-electron chi connectivity index (χ1n) is 5.43. The smallest absolute Gasteiger partial charge is 0.306 e. The third-order valence-corrected chi connectivity index (χ3v) is 2.06. The molecule has 1 rings (SSSR count). The largest absolute Gasteiger partial charge is 0.466 e. The van der Waals surface area contributed by atoms with Gasteiger partial charge in [0.15, 0.2) is 0 Å². The summed E-state index contributed by atoms with van der Waals surface area (Å²) in [5, 5.41) is 2.19. The van der Waals surface area contributed by atoms with Gasteiger partial charge < -0.3 is 10.1 Å². The molecule has 6 heteroatoms. The number of benzene rings is 1. The highest BCUT2D eigenvalue weighted by molar-refractivity contribution is 5.92. The molecule has 0 aliphatic rings. The van der Waals surface area contributed by atoms with Gasteiger partial charge >= 0.3 is 5.97 Å². The second-order valence-corrected chi connectivity index (χ2v) is 3.48. The van der Waals surface area contributed by atoms with Crippen LogP contribution in [0.3, 0.4) is 0 Å². The highest BCUT2D eigenvalue weighted by Gasteiger charge is 2.10. The van der Waals surface area contributed by atoms with Crippen molar-refractivity contribution >= 4 is 17.6 Å². The molecule has 0 radical (unpaired) electrons. The fourth-order valence-corrected chi connectivity index (χ4v) is 1.25. The van der Waals surface area contributed by atoms with E-state index in [1.54, 1.807) is 6.92 Å². The van der Waals surface area contributed by atoms with Crippen molar-refractivity contribution in [3.05, 3.63) is 29.8 Å². The van der Waals surface area contributed by atoms with Gasteiger partial charge in [0.1, 0.15) is 11.6 Å². The maximum absolute atomic E-state index is 13.2. The van der Waals surface area contributed by atoms with Crippen molar-refractivity contribution in [1.82, 2.24) is 0 Å². The predicted octanol–water partition coefficient (Wildman–Crippen LogP) is 2.25. The Morgan fingerprint density at radius 2 is 2.00 bits per heavy atom. The van der Waals surface area contributed by atoms with Gasteiger partial charge in [-0.15, -0.1) is 0 Å². The molecule has 18 heavy (non-hydrogen) atoms. The summed E-state index contributed by atoms with van der Waals surface area (Å²) in [6.07, 6.45) is -0.245. The number of hydrogen-bond donors (Lipinski definition) is 1. The molecule has 1 aromatic carbocycles. The second kappa shape index (κ2) is 6.68. The number of hydrogen-bond acceptors (Lipinski definition) is 3. The Morgan fingerprint density at radius 1 is 1.28 bits per heavy atom. The van der Waals surface area contributed by atoms with Crippen molar-refractivity contribution in [3.8, 4) is 0 Å². The maximum Gasteiger partial charge on any atom is 0.306 e. The second-order valence-electron chi connectivity index (χ2n) is 3.48. The van der Waals surface area contributed by atoms with Gasteiger partial charge in [0.25, 0.3) is 0 Å². The summed E-state index contributed by atoms with van der Waals surface area (Å²) in [6, 6.07) is 2.73. The highest BCUT2D eigenvalue weighted by atomic mass is 19.1. The number of rotatable bonds is 5. The summed E-state index contributed by atoms with van der Waals surface area (Å²) in [6.45, 7) is 1.89. The number of amides is 1. The molecule has 0 spiro atoms. The molecule has 0 atom stereocenters. The van der Waals surface area contributed by atoms with Gasteiger partial charge in [-0.1, -0.05) is 0 Å². The van der Waals surface area contributed by atoms with Gasteiger partial charge in [-0.3, -0.25) is 9.59 Å². The summed E-state index contributed by atoms with van der Waals surface area (Å²) >= 11 is 0. The summed E-state index contributed by atoms with van der Waals surface area (Å²) < 4.78 is 30.6. The Kier molecular flexibility index (Phi) is 5.23. The average Bonchev–Trinajstić information content (AvgIpc) is 2.32. The van der Waals surface area contributed by atoms with Crippen molar-refractivity contribution < 1.29 is 23.1 Å². The molecule has 98 valence electrons. The van der Waals surface area contributed by atoms with E-state index in [1.807, 2.05) is 0 Å². The SMILES string of the molecule is CCOC(=O)CCC(=O)Nc1cc(F)ccc1F. The van der Waals surface area contributed by atoms with E-state index in [0.29, 0.717) is 0 Å². The molecule has 0 unspecified atom stereocenters. The molecule has 0 bridgehead atoms. The van der Waals surface area contributed by atoms with Crippen LogP contribution in [0.15, 0.2) is 18.2 Å². The quantitative estimate of drug-likeness (QED) is 0.823. The van der Waals surface area contributed by atoms with Crippen molar-refractivity contribution in [2.24, 2.45) is 0 Å². The maximum atomic E-state index is 13.2. The minimum Gasteiger partial charge on any atom is -0.466 e. The van der Waals surface area contributed by atoms with E-state index in [-0.39, 0.29) is 25.1 Å². The van der Waals surface area contributed by atoms with Crippen LogP contribution in [-0.2, 0) is 14.3 Å². The summed E-state index contributed by atoms with van der Waals surface area (Å²) in [5.41, 5.74) is -0.246. The predicted molar refractivity (Wildman–Crippen MR) is 60.9 cm³/mol. The van der Waals surface area contributed by atoms with Crippen LogP contribution >= 0.6 is 0 Å². The molecule has 1 amide bonds. The molecule has 0 saturated heterocycles. The number of ether oxygens (including phenoxy) is 1. The Labute approximate surface area is 103 Å². The summed E-state index contributed by atoms with van der Waals surface area (Å²) in [5.74, 6) is -2.47. The van der Waals surface area contributed by atoms with Crippen LogP contribution in [0.25, 0.3) is 0 Å². The van der Waals surface area contributed by atoms with Crippen LogP contribution < -0.4 is 5.32 Å². The number of carbonyl (C=O) groups is 2. The zero-order chi connectivity index (χ0) is 13.5. The fourth-order valence-electron chi connectivity index (χ4n) is 1.25. The lowest BCUT2D eigenvalue weighted by Gasteiger charge is -2.06. The Morgan fingerprint density at radius 3 is 2.67 bits per heavy atom. The zero-order valence-electron chi connectivity index (χ0n) is 9.83. The number of carbonyl (C=O) groups excluding carboxylic acids is 2. The number of esters is 1. The minimum atomic E-state index is -0.735. The van der Waals surface area contributed by atoms with Crippen molar-refractivity contribution in [2.45, 2.75) is 19.8 Å². The van der Waals surface area contributed by atoms with Crippen LogP contribution in [0.4, 0.5) is 14.5 Å². The first kappa shape index (κ1) is 14.1. The van der Waals surface area contributed by atoms with Gasteiger partial charge in [-0.05, 0) is 19.1 Å². The van der Waals surface area contributed by atoms with Crippen molar-refractivity contribution in [1.29, 1.82) is 0 Å². The topological polar surface area (TPSA) is 55.4 Å². The normalized spacial score (nSPS) is 9.94. The standard InChI is InChI=1S/C12H13F2NO3/c1-2-18-12(17)6-5-11(16)15-10-7-8(13)3-4-9(10)14/h3-4,7H,2,5-6H2,1H3,(H,15,16). The zero-order valence-corrected chi connectivity index (χ0v) is 9.83. The van der Waals surface area contributed by atoms with Crippen LogP contribution in [0.1, 0.15) is 19.8 Å². The average molecular weight is 257 g/mol. The minimum absolute atomic E-state index is 0.101. The fraction of sp³-hybridized carbons (Fsp3) is 0.333.